The van der Waals surface area contributed by atoms with Crippen LogP contribution in [0.15, 0.2) is 41.8 Å². The number of nitriles is 1. The van der Waals surface area contributed by atoms with E-state index in [2.05, 4.69) is 32.9 Å². The molecule has 0 unspecified atom stereocenters. The molecule has 0 aliphatic carbocycles. The second kappa shape index (κ2) is 5.57. The number of phenolic OH excluding ortho intramolecular Hbond substituents is 1. The Morgan fingerprint density at radius 1 is 1.27 bits per heavy atom. The summed E-state index contributed by atoms with van der Waals surface area (Å²) in [6.07, 6.45) is 0.810. The van der Waals surface area contributed by atoms with Gasteiger partial charge in [-0.05, 0) is 50.8 Å². The molecule has 2 atom stereocenters. The van der Waals surface area contributed by atoms with Gasteiger partial charge in [0, 0.05) is 22.7 Å². The number of ether oxygens (including phenoxy) is 1. The van der Waals surface area contributed by atoms with Gasteiger partial charge in [0.2, 0.25) is 11.8 Å². The quantitative estimate of drug-likeness (QED) is 0.701. The molecule has 3 aliphatic rings. The first kappa shape index (κ1) is 18.6. The van der Waals surface area contributed by atoms with Crippen LogP contribution in [0.4, 0.5) is 5.69 Å². The largest absolute Gasteiger partial charge is 0.508 e. The van der Waals surface area contributed by atoms with E-state index >= 15 is 0 Å². The van der Waals surface area contributed by atoms with Crippen molar-refractivity contribution in [3.63, 3.8) is 0 Å². The van der Waals surface area contributed by atoms with Crippen LogP contribution in [-0.2, 0) is 10.2 Å². The summed E-state index contributed by atoms with van der Waals surface area (Å²) >= 11 is 0. The van der Waals surface area contributed by atoms with Crippen LogP contribution in [0.1, 0.15) is 55.4 Å². The summed E-state index contributed by atoms with van der Waals surface area (Å²) in [6, 6.07) is 10.9. The normalized spacial score (nSPS) is 25.6. The van der Waals surface area contributed by atoms with E-state index in [4.69, 9.17) is 10.5 Å². The molecule has 0 radical (unpaired) electrons. The number of fused-ring (bicyclic) bond motifs is 3. The first-order valence-electron chi connectivity index (χ1n) is 10.0. The van der Waals surface area contributed by atoms with Crippen molar-refractivity contribution in [3.05, 3.63) is 64.0 Å². The minimum absolute atomic E-state index is 0.00262. The number of carbonyl (C=O) groups is 1. The van der Waals surface area contributed by atoms with Gasteiger partial charge in [0.15, 0.2) is 0 Å². The van der Waals surface area contributed by atoms with Crippen molar-refractivity contribution in [2.24, 2.45) is 5.73 Å². The SMILES string of the molecule is Cc1cc2c3c(c1)[C@]1(C(=O)N3C(C)(C)C[C@H]2C)C(C#N)=C(N)Oc2cc(O)ccc21. The highest BCUT2D eigenvalue weighted by molar-refractivity contribution is 6.16. The fraction of sp³-hybridized carbons (Fsp3) is 0.333. The molecule has 0 bridgehead atoms. The standard InChI is InChI=1S/C24H23N3O3/c1-12-7-15-13(2)10-23(3,4)27-20(15)17(8-12)24(22(27)29)16-6-5-14(28)9-19(16)30-21(26)18(24)11-25/h5-9,13,28H,10,26H2,1-4H3/t13-,24+/m1/s1. The van der Waals surface area contributed by atoms with Crippen molar-refractivity contribution >= 4 is 11.6 Å². The Balaban J connectivity index is 1.98. The lowest BCUT2D eigenvalue weighted by Gasteiger charge is -2.44. The molecule has 0 fully saturated rings. The number of aromatic hydroxyl groups is 1. The number of rotatable bonds is 0. The molecule has 0 aromatic heterocycles. The fourth-order valence-corrected chi connectivity index (χ4v) is 5.67. The molecule has 2 aromatic carbocycles. The van der Waals surface area contributed by atoms with Crippen molar-refractivity contribution in [3.8, 4) is 17.6 Å². The Morgan fingerprint density at radius 3 is 2.70 bits per heavy atom. The Hall–Kier alpha value is -3.46. The summed E-state index contributed by atoms with van der Waals surface area (Å²) in [4.78, 5) is 16.2. The summed E-state index contributed by atoms with van der Waals surface area (Å²) in [5.74, 6) is 0.253. The van der Waals surface area contributed by atoms with Gasteiger partial charge in [0.25, 0.3) is 0 Å². The predicted octanol–water partition coefficient (Wildman–Crippen LogP) is 3.71. The van der Waals surface area contributed by atoms with E-state index in [9.17, 15) is 15.2 Å². The summed E-state index contributed by atoms with van der Waals surface area (Å²) in [5, 5.41) is 20.1. The van der Waals surface area contributed by atoms with Gasteiger partial charge in [0.1, 0.15) is 28.6 Å². The predicted molar refractivity (Wildman–Crippen MR) is 112 cm³/mol. The van der Waals surface area contributed by atoms with Crippen LogP contribution in [-0.4, -0.2) is 16.6 Å². The molecule has 3 aliphatic heterocycles. The third-order valence-electron chi connectivity index (χ3n) is 6.70. The van der Waals surface area contributed by atoms with E-state index in [1.54, 1.807) is 6.07 Å². The van der Waals surface area contributed by atoms with Crippen LogP contribution in [0.3, 0.4) is 0 Å². The average Bonchev–Trinajstić information content (AvgIpc) is 2.90. The van der Waals surface area contributed by atoms with Crippen LogP contribution < -0.4 is 15.4 Å². The maximum atomic E-state index is 14.3. The highest BCUT2D eigenvalue weighted by Gasteiger charge is 2.63. The zero-order chi connectivity index (χ0) is 21.6. The number of aryl methyl sites for hydroxylation is 1. The first-order valence-corrected chi connectivity index (χ1v) is 10.0. The Morgan fingerprint density at radius 2 is 2.00 bits per heavy atom. The highest BCUT2D eigenvalue weighted by atomic mass is 16.5. The van der Waals surface area contributed by atoms with E-state index in [1.165, 1.54) is 12.1 Å². The van der Waals surface area contributed by atoms with E-state index in [0.29, 0.717) is 11.3 Å². The van der Waals surface area contributed by atoms with Crippen molar-refractivity contribution in [2.45, 2.75) is 51.0 Å². The molecule has 3 N–H and O–H groups in total. The smallest absolute Gasteiger partial charge is 0.248 e. The van der Waals surface area contributed by atoms with Crippen molar-refractivity contribution < 1.29 is 14.6 Å². The number of amides is 1. The monoisotopic (exact) mass is 401 g/mol. The zero-order valence-electron chi connectivity index (χ0n) is 17.4. The van der Waals surface area contributed by atoms with Gasteiger partial charge in [-0.25, -0.2) is 0 Å². The molecule has 6 nitrogen and oxygen atoms in total. The lowest BCUT2D eigenvalue weighted by molar-refractivity contribution is -0.122. The molecular weight excluding hydrogens is 378 g/mol. The molecular formula is C24H23N3O3. The molecule has 0 saturated heterocycles. The minimum Gasteiger partial charge on any atom is -0.508 e. The van der Waals surface area contributed by atoms with Crippen molar-refractivity contribution in [1.82, 2.24) is 0 Å². The number of hydrogen-bond acceptors (Lipinski definition) is 5. The van der Waals surface area contributed by atoms with Gasteiger partial charge in [-0.3, -0.25) is 4.79 Å². The van der Waals surface area contributed by atoms with E-state index < -0.39 is 11.0 Å². The van der Waals surface area contributed by atoms with Gasteiger partial charge in [-0.2, -0.15) is 5.26 Å². The fourth-order valence-electron chi connectivity index (χ4n) is 5.67. The number of phenols is 1. The number of hydrogen-bond donors (Lipinski definition) is 2. The first-order chi connectivity index (χ1) is 14.1. The molecule has 1 spiro atoms. The molecule has 3 heterocycles. The highest BCUT2D eigenvalue weighted by Crippen LogP contribution is 2.61. The second-order valence-corrected chi connectivity index (χ2v) is 9.19. The third-order valence-corrected chi connectivity index (χ3v) is 6.70. The van der Waals surface area contributed by atoms with Crippen LogP contribution in [0, 0.1) is 18.3 Å². The second-order valence-electron chi connectivity index (χ2n) is 9.19. The van der Waals surface area contributed by atoms with Gasteiger partial charge < -0.3 is 20.5 Å². The lowest BCUT2D eigenvalue weighted by atomic mass is 9.68. The number of carbonyl (C=O) groups excluding carboxylic acids is 1. The summed E-state index contributed by atoms with van der Waals surface area (Å²) in [6.45, 7) is 8.29. The molecule has 1 amide bonds. The van der Waals surface area contributed by atoms with E-state index in [-0.39, 0.29) is 29.0 Å². The van der Waals surface area contributed by atoms with Gasteiger partial charge in [0.05, 0.1) is 5.69 Å². The van der Waals surface area contributed by atoms with E-state index in [0.717, 1.165) is 28.8 Å². The van der Waals surface area contributed by atoms with Crippen LogP contribution in [0.25, 0.3) is 0 Å². The summed E-state index contributed by atoms with van der Waals surface area (Å²) < 4.78 is 5.69. The molecule has 2 aromatic rings. The lowest BCUT2D eigenvalue weighted by Crippen LogP contribution is -2.54. The molecule has 6 heteroatoms. The number of anilines is 1. The molecule has 0 saturated carbocycles. The third kappa shape index (κ3) is 2.00. The van der Waals surface area contributed by atoms with Gasteiger partial charge in [-0.15, -0.1) is 0 Å². The van der Waals surface area contributed by atoms with Crippen LogP contribution in [0.2, 0.25) is 0 Å². The van der Waals surface area contributed by atoms with E-state index in [1.807, 2.05) is 17.9 Å². The average molecular weight is 401 g/mol. The molecule has 5 rings (SSSR count). The van der Waals surface area contributed by atoms with Crippen LogP contribution in [0.5, 0.6) is 11.5 Å². The maximum Gasteiger partial charge on any atom is 0.248 e. The van der Waals surface area contributed by atoms with Crippen molar-refractivity contribution in [2.75, 3.05) is 4.90 Å². The topological polar surface area (TPSA) is 99.6 Å². The molecule has 152 valence electrons. The summed E-state index contributed by atoms with van der Waals surface area (Å²) in [5.41, 5.74) is 8.75. The van der Waals surface area contributed by atoms with Crippen molar-refractivity contribution in [1.29, 1.82) is 5.26 Å². The molecule has 30 heavy (non-hydrogen) atoms. The van der Waals surface area contributed by atoms with Gasteiger partial charge >= 0.3 is 0 Å². The Kier molecular flexibility index (Phi) is 3.45. The Bertz CT molecular complexity index is 1220. The maximum absolute atomic E-state index is 14.3. The minimum atomic E-state index is -1.39. The van der Waals surface area contributed by atoms with Gasteiger partial charge in [-0.1, -0.05) is 24.6 Å². The summed E-state index contributed by atoms with van der Waals surface area (Å²) in [7, 11) is 0. The van der Waals surface area contributed by atoms with Crippen LogP contribution >= 0.6 is 0 Å². The number of nitrogens with two attached hydrogens (primary N) is 1. The zero-order valence-corrected chi connectivity index (χ0v) is 17.4. The number of benzene rings is 2. The number of nitrogens with zero attached hydrogens (tertiary/aromatic N) is 2. The Labute approximate surface area is 175 Å².